The molecule has 8 heteroatoms. The van der Waals surface area contributed by atoms with Crippen molar-refractivity contribution >= 4 is 11.8 Å². The summed E-state index contributed by atoms with van der Waals surface area (Å²) in [7, 11) is 0. The summed E-state index contributed by atoms with van der Waals surface area (Å²) in [4.78, 5) is 24.9. The summed E-state index contributed by atoms with van der Waals surface area (Å²) in [6.45, 7) is 2.65. The summed E-state index contributed by atoms with van der Waals surface area (Å²) in [5.74, 6) is 0.0300. The minimum Gasteiger partial charge on any atom is -0.371 e. The van der Waals surface area contributed by atoms with Crippen molar-refractivity contribution < 1.29 is 19.1 Å². The quantitative estimate of drug-likeness (QED) is 0.786. The molecule has 1 unspecified atom stereocenters. The number of hydrogen-bond donors (Lipinski definition) is 2. The molecule has 8 nitrogen and oxygen atoms in total. The van der Waals surface area contributed by atoms with Crippen LogP contribution in [0.15, 0.2) is 36.5 Å². The predicted octanol–water partition coefficient (Wildman–Crippen LogP) is 0.972. The van der Waals surface area contributed by atoms with E-state index in [0.29, 0.717) is 18.8 Å². The Hall–Kier alpha value is -2.71. The van der Waals surface area contributed by atoms with Gasteiger partial charge in [-0.25, -0.2) is 4.68 Å². The number of ether oxygens (including phenoxy) is 2. The van der Waals surface area contributed by atoms with E-state index in [9.17, 15) is 9.59 Å². The number of amides is 2. The highest BCUT2D eigenvalue weighted by atomic mass is 16.6. The number of fused-ring (bicyclic) bond motifs is 1. The summed E-state index contributed by atoms with van der Waals surface area (Å²) >= 11 is 0. The second-order valence-corrected chi connectivity index (χ2v) is 7.96. The molecule has 0 bridgehead atoms. The van der Waals surface area contributed by atoms with Gasteiger partial charge in [-0.2, -0.15) is 5.10 Å². The molecule has 2 N–H and O–H groups in total. The van der Waals surface area contributed by atoms with Gasteiger partial charge in [0.05, 0.1) is 48.4 Å². The van der Waals surface area contributed by atoms with Crippen molar-refractivity contribution in [2.75, 3.05) is 13.2 Å². The molecule has 3 heterocycles. The van der Waals surface area contributed by atoms with Gasteiger partial charge in [0.2, 0.25) is 5.91 Å². The van der Waals surface area contributed by atoms with E-state index in [-0.39, 0.29) is 42.0 Å². The Morgan fingerprint density at radius 2 is 1.69 bits per heavy atom. The van der Waals surface area contributed by atoms with Gasteiger partial charge in [-0.15, -0.1) is 0 Å². The van der Waals surface area contributed by atoms with Crippen molar-refractivity contribution in [3.05, 3.63) is 47.8 Å². The summed E-state index contributed by atoms with van der Waals surface area (Å²) in [6.07, 6.45) is 3.02. The van der Waals surface area contributed by atoms with Gasteiger partial charge < -0.3 is 20.1 Å². The van der Waals surface area contributed by atoms with Crippen molar-refractivity contribution in [3.63, 3.8) is 0 Å². The molecule has 2 amide bonds. The molecule has 1 aromatic carbocycles. The highest BCUT2D eigenvalue weighted by Gasteiger charge is 2.49. The van der Waals surface area contributed by atoms with Gasteiger partial charge >= 0.3 is 0 Å². The molecular formula is C21H24N4O4. The number of rotatable bonds is 5. The maximum atomic E-state index is 12.9. The number of aromatic nitrogens is 2. The monoisotopic (exact) mass is 396 g/mol. The first-order valence-electron chi connectivity index (χ1n) is 10.1. The number of nitrogens with zero attached hydrogens (tertiary/aromatic N) is 2. The lowest BCUT2D eigenvalue weighted by Crippen LogP contribution is -2.47. The molecule has 2 aromatic rings. The summed E-state index contributed by atoms with van der Waals surface area (Å²) in [5.41, 5.74) is 2.20. The van der Waals surface area contributed by atoms with Crippen LogP contribution < -0.4 is 10.6 Å². The number of nitrogens with one attached hydrogen (secondary N) is 2. The van der Waals surface area contributed by atoms with E-state index in [1.807, 2.05) is 37.3 Å². The third kappa shape index (κ3) is 3.42. The lowest BCUT2D eigenvalue weighted by molar-refractivity contribution is -0.123. The number of carbonyl (C=O) groups excluding carboxylic acids is 2. The van der Waals surface area contributed by atoms with Crippen molar-refractivity contribution in [2.24, 2.45) is 5.92 Å². The molecule has 2 saturated heterocycles. The molecule has 2 aliphatic heterocycles. The summed E-state index contributed by atoms with van der Waals surface area (Å²) in [6, 6.07) is 9.28. The molecule has 0 spiro atoms. The van der Waals surface area contributed by atoms with Gasteiger partial charge in [0.25, 0.3) is 5.91 Å². The fraction of sp³-hybridized carbons (Fsp3) is 0.476. The number of hydrogen-bond acceptors (Lipinski definition) is 5. The topological polar surface area (TPSA) is 94.5 Å². The SMILES string of the molecule is Cc1c(C(=O)N[C@H]2COC3[C@@H](NC(=O)C4CC4)CO[C@@H]32)cnn1-c1ccccc1. The largest absolute Gasteiger partial charge is 0.371 e. The fourth-order valence-electron chi connectivity index (χ4n) is 4.10. The van der Waals surface area contributed by atoms with Crippen LogP contribution in [0.4, 0.5) is 0 Å². The van der Waals surface area contributed by atoms with Gasteiger partial charge in [-0.05, 0) is 31.9 Å². The van der Waals surface area contributed by atoms with Crippen LogP contribution in [0.5, 0.6) is 0 Å². The van der Waals surface area contributed by atoms with Gasteiger partial charge in [-0.1, -0.05) is 18.2 Å². The zero-order valence-electron chi connectivity index (χ0n) is 16.2. The van der Waals surface area contributed by atoms with E-state index in [0.717, 1.165) is 24.2 Å². The third-order valence-corrected chi connectivity index (χ3v) is 5.90. The van der Waals surface area contributed by atoms with Crippen LogP contribution in [0.25, 0.3) is 5.69 Å². The van der Waals surface area contributed by atoms with E-state index >= 15 is 0 Å². The Balaban J connectivity index is 1.24. The Kier molecular flexibility index (Phi) is 4.60. The number of benzene rings is 1. The molecular weight excluding hydrogens is 372 g/mol. The highest BCUT2D eigenvalue weighted by molar-refractivity contribution is 5.95. The molecule has 3 aliphatic rings. The second kappa shape index (κ2) is 7.27. The van der Waals surface area contributed by atoms with Gasteiger partial charge in [-0.3, -0.25) is 9.59 Å². The maximum absolute atomic E-state index is 12.9. The van der Waals surface area contributed by atoms with Gasteiger partial charge in [0.15, 0.2) is 0 Å². The molecule has 1 aliphatic carbocycles. The van der Waals surface area contributed by atoms with E-state index < -0.39 is 0 Å². The molecule has 152 valence electrons. The maximum Gasteiger partial charge on any atom is 0.255 e. The average Bonchev–Trinajstić information content (AvgIpc) is 3.24. The van der Waals surface area contributed by atoms with Crippen molar-refractivity contribution in [3.8, 4) is 5.69 Å². The fourth-order valence-corrected chi connectivity index (χ4v) is 4.10. The molecule has 1 aromatic heterocycles. The van der Waals surface area contributed by atoms with Crippen LogP contribution in [-0.2, 0) is 14.3 Å². The van der Waals surface area contributed by atoms with E-state index in [4.69, 9.17) is 9.47 Å². The second-order valence-electron chi connectivity index (χ2n) is 7.96. The van der Waals surface area contributed by atoms with Crippen LogP contribution in [0.3, 0.4) is 0 Å². The van der Waals surface area contributed by atoms with Crippen LogP contribution in [0.1, 0.15) is 28.9 Å². The Labute approximate surface area is 168 Å². The molecule has 5 rings (SSSR count). The first kappa shape index (κ1) is 18.3. The summed E-state index contributed by atoms with van der Waals surface area (Å²) in [5, 5.41) is 10.4. The number of para-hydroxylation sites is 1. The zero-order valence-corrected chi connectivity index (χ0v) is 16.2. The molecule has 29 heavy (non-hydrogen) atoms. The predicted molar refractivity (Wildman–Crippen MR) is 104 cm³/mol. The van der Waals surface area contributed by atoms with Crippen LogP contribution >= 0.6 is 0 Å². The lowest BCUT2D eigenvalue weighted by Gasteiger charge is -2.18. The van der Waals surface area contributed by atoms with Gasteiger partial charge in [0.1, 0.15) is 12.2 Å². The lowest BCUT2D eigenvalue weighted by atomic mass is 10.1. The minimum atomic E-state index is -0.257. The van der Waals surface area contributed by atoms with E-state index in [1.54, 1.807) is 10.9 Å². The first-order valence-corrected chi connectivity index (χ1v) is 10.1. The first-order chi connectivity index (χ1) is 14.1. The highest BCUT2D eigenvalue weighted by Crippen LogP contribution is 2.31. The Morgan fingerprint density at radius 1 is 1.03 bits per heavy atom. The normalized spacial score (nSPS) is 28.2. The molecule has 3 fully saturated rings. The molecule has 4 atom stereocenters. The van der Waals surface area contributed by atoms with Crippen LogP contribution in [0.2, 0.25) is 0 Å². The Morgan fingerprint density at radius 3 is 2.34 bits per heavy atom. The van der Waals surface area contributed by atoms with E-state index in [1.165, 1.54) is 0 Å². The average molecular weight is 396 g/mol. The smallest absolute Gasteiger partial charge is 0.255 e. The third-order valence-electron chi connectivity index (χ3n) is 5.90. The van der Waals surface area contributed by atoms with Crippen LogP contribution in [0, 0.1) is 12.8 Å². The summed E-state index contributed by atoms with van der Waals surface area (Å²) < 4.78 is 13.5. The van der Waals surface area contributed by atoms with Crippen molar-refractivity contribution in [1.82, 2.24) is 20.4 Å². The van der Waals surface area contributed by atoms with Gasteiger partial charge in [0, 0.05) is 5.92 Å². The van der Waals surface area contributed by atoms with Crippen molar-refractivity contribution in [1.29, 1.82) is 0 Å². The molecule has 1 saturated carbocycles. The Bertz CT molecular complexity index is 924. The van der Waals surface area contributed by atoms with E-state index in [2.05, 4.69) is 15.7 Å². The van der Waals surface area contributed by atoms with Crippen molar-refractivity contribution in [2.45, 2.75) is 44.1 Å². The standard InChI is InChI=1S/C21H24N4O4/c1-12-15(9-22-25(12)14-5-3-2-4-6-14)21(27)24-17-11-29-18-16(10-28-19(17)18)23-20(26)13-7-8-13/h2-6,9,13,16-19H,7-8,10-11H2,1H3,(H,23,26)(H,24,27)/t16-,17-,18?,19+/m0/s1. The van der Waals surface area contributed by atoms with Crippen LogP contribution in [-0.4, -0.2) is 59.1 Å². The zero-order chi connectivity index (χ0) is 20.0. The number of carbonyl (C=O) groups is 2. The minimum absolute atomic E-state index is 0.0827. The molecule has 0 radical (unpaired) electrons.